The number of carbonyl (C=O) groups is 1. The Morgan fingerprint density at radius 1 is 1.29 bits per heavy atom. The van der Waals surface area contributed by atoms with Crippen molar-refractivity contribution in [2.75, 3.05) is 5.32 Å². The minimum Gasteiger partial charge on any atom is -0.322 e. The van der Waals surface area contributed by atoms with Crippen molar-refractivity contribution in [3.63, 3.8) is 0 Å². The van der Waals surface area contributed by atoms with Gasteiger partial charge in [-0.05, 0) is 31.4 Å². The summed E-state index contributed by atoms with van der Waals surface area (Å²) in [6.45, 7) is 9.30. The van der Waals surface area contributed by atoms with E-state index < -0.39 is 4.92 Å². The second kappa shape index (κ2) is 6.07. The topological polar surface area (TPSA) is 90.1 Å². The molecule has 24 heavy (non-hydrogen) atoms. The number of rotatable bonds is 3. The number of nitro groups is 1. The molecule has 1 aromatic carbocycles. The standard InChI is InChI=1S/C17H22N4O3/c1-10-15(11(2)20(6)19-10)16(22)18-12-7-8-13(17(3,4)5)14(9-12)21(23)24/h7-9H,1-6H3,(H,18,22). The van der Waals surface area contributed by atoms with Gasteiger partial charge in [0.05, 0.1) is 16.2 Å². The van der Waals surface area contributed by atoms with Gasteiger partial charge < -0.3 is 5.32 Å². The van der Waals surface area contributed by atoms with Crippen LogP contribution >= 0.6 is 0 Å². The van der Waals surface area contributed by atoms with Crippen LogP contribution in [0.1, 0.15) is 48.1 Å². The van der Waals surface area contributed by atoms with Gasteiger partial charge in [-0.25, -0.2) is 0 Å². The van der Waals surface area contributed by atoms with Crippen LogP contribution in [-0.4, -0.2) is 20.6 Å². The quantitative estimate of drug-likeness (QED) is 0.689. The minimum atomic E-state index is -0.420. The Labute approximate surface area is 140 Å². The van der Waals surface area contributed by atoms with Gasteiger partial charge in [0.15, 0.2) is 0 Å². The third-order valence-electron chi connectivity index (χ3n) is 4.00. The third kappa shape index (κ3) is 3.29. The van der Waals surface area contributed by atoms with Crippen LogP contribution in [0.5, 0.6) is 0 Å². The summed E-state index contributed by atoms with van der Waals surface area (Å²) in [6.07, 6.45) is 0. The van der Waals surface area contributed by atoms with Gasteiger partial charge in [-0.1, -0.05) is 20.8 Å². The lowest BCUT2D eigenvalue weighted by Crippen LogP contribution is -2.16. The van der Waals surface area contributed by atoms with E-state index in [1.54, 1.807) is 37.7 Å². The Balaban J connectivity index is 2.39. The second-order valence-corrected chi connectivity index (χ2v) is 6.86. The summed E-state index contributed by atoms with van der Waals surface area (Å²) in [5.74, 6) is -0.323. The van der Waals surface area contributed by atoms with Crippen LogP contribution in [0, 0.1) is 24.0 Å². The number of nitrogens with one attached hydrogen (secondary N) is 1. The molecule has 0 saturated heterocycles. The van der Waals surface area contributed by atoms with E-state index in [4.69, 9.17) is 0 Å². The van der Waals surface area contributed by atoms with Crippen LogP contribution in [0.2, 0.25) is 0 Å². The molecular formula is C17H22N4O3. The summed E-state index contributed by atoms with van der Waals surface area (Å²) in [7, 11) is 1.77. The lowest BCUT2D eigenvalue weighted by Gasteiger charge is -2.19. The van der Waals surface area contributed by atoms with Gasteiger partial charge in [0, 0.05) is 30.1 Å². The summed E-state index contributed by atoms with van der Waals surface area (Å²) < 4.78 is 1.63. The summed E-state index contributed by atoms with van der Waals surface area (Å²) in [6, 6.07) is 4.78. The molecule has 1 N–H and O–H groups in total. The number of carbonyl (C=O) groups excluding carboxylic acids is 1. The number of amides is 1. The largest absolute Gasteiger partial charge is 0.322 e. The molecule has 0 unspecified atom stereocenters. The lowest BCUT2D eigenvalue weighted by atomic mass is 9.85. The summed E-state index contributed by atoms with van der Waals surface area (Å²) in [5.41, 5.74) is 2.50. The van der Waals surface area contributed by atoms with E-state index in [1.807, 2.05) is 20.8 Å². The number of nitro benzene ring substituents is 1. The molecule has 0 atom stereocenters. The van der Waals surface area contributed by atoms with Crippen LogP contribution < -0.4 is 5.32 Å². The maximum atomic E-state index is 12.5. The molecule has 0 spiro atoms. The van der Waals surface area contributed by atoms with Gasteiger partial charge in [-0.15, -0.1) is 0 Å². The van der Waals surface area contributed by atoms with Gasteiger partial charge in [-0.3, -0.25) is 19.6 Å². The zero-order valence-corrected chi connectivity index (χ0v) is 14.8. The average molecular weight is 330 g/mol. The third-order valence-corrected chi connectivity index (χ3v) is 4.00. The molecule has 0 aliphatic rings. The van der Waals surface area contributed by atoms with Crippen LogP contribution in [-0.2, 0) is 12.5 Å². The lowest BCUT2D eigenvalue weighted by molar-refractivity contribution is -0.385. The highest BCUT2D eigenvalue weighted by atomic mass is 16.6. The van der Waals surface area contributed by atoms with E-state index in [2.05, 4.69) is 10.4 Å². The average Bonchev–Trinajstić information content (AvgIpc) is 2.70. The van der Waals surface area contributed by atoms with E-state index in [-0.39, 0.29) is 17.0 Å². The van der Waals surface area contributed by atoms with E-state index in [0.29, 0.717) is 22.5 Å². The van der Waals surface area contributed by atoms with Gasteiger partial charge in [-0.2, -0.15) is 5.10 Å². The molecule has 2 aromatic rings. The molecular weight excluding hydrogens is 308 g/mol. The Bertz CT molecular complexity index is 816. The Kier molecular flexibility index (Phi) is 4.46. The van der Waals surface area contributed by atoms with E-state index >= 15 is 0 Å². The SMILES string of the molecule is Cc1nn(C)c(C)c1C(=O)Nc1ccc(C(C)(C)C)c([N+](=O)[O-])c1. The predicted molar refractivity (Wildman–Crippen MR) is 92.4 cm³/mol. The first-order valence-electron chi connectivity index (χ1n) is 7.63. The number of anilines is 1. The Morgan fingerprint density at radius 3 is 2.38 bits per heavy atom. The van der Waals surface area contributed by atoms with Gasteiger partial charge in [0.25, 0.3) is 11.6 Å². The van der Waals surface area contributed by atoms with Crippen molar-refractivity contribution < 1.29 is 9.72 Å². The Morgan fingerprint density at radius 2 is 1.92 bits per heavy atom. The minimum absolute atomic E-state index is 0.0000643. The number of hydrogen-bond donors (Lipinski definition) is 1. The maximum Gasteiger partial charge on any atom is 0.275 e. The highest BCUT2D eigenvalue weighted by molar-refractivity contribution is 6.06. The molecule has 7 nitrogen and oxygen atoms in total. The molecule has 0 aliphatic heterocycles. The van der Waals surface area contributed by atoms with E-state index in [1.165, 1.54) is 6.07 Å². The number of hydrogen-bond acceptors (Lipinski definition) is 4. The summed E-state index contributed by atoms with van der Waals surface area (Å²) in [5, 5.41) is 18.3. The van der Waals surface area contributed by atoms with Crippen molar-refractivity contribution in [3.8, 4) is 0 Å². The molecule has 1 heterocycles. The monoisotopic (exact) mass is 330 g/mol. The second-order valence-electron chi connectivity index (χ2n) is 6.86. The van der Waals surface area contributed by atoms with Crippen molar-refractivity contribution in [3.05, 3.63) is 50.8 Å². The number of aryl methyl sites for hydroxylation is 2. The van der Waals surface area contributed by atoms with Crippen LogP contribution in [0.15, 0.2) is 18.2 Å². The van der Waals surface area contributed by atoms with Crippen molar-refractivity contribution in [1.82, 2.24) is 9.78 Å². The summed E-state index contributed by atoms with van der Waals surface area (Å²) in [4.78, 5) is 23.4. The predicted octanol–water partition coefficient (Wildman–Crippen LogP) is 3.49. The molecule has 0 aliphatic carbocycles. The number of aromatic nitrogens is 2. The molecule has 2 rings (SSSR count). The van der Waals surface area contributed by atoms with Crippen molar-refractivity contribution >= 4 is 17.3 Å². The molecule has 0 fully saturated rings. The van der Waals surface area contributed by atoms with E-state index in [0.717, 1.165) is 5.69 Å². The summed E-state index contributed by atoms with van der Waals surface area (Å²) >= 11 is 0. The first kappa shape index (κ1) is 17.7. The van der Waals surface area contributed by atoms with Gasteiger partial charge in [0.2, 0.25) is 0 Å². The maximum absolute atomic E-state index is 12.5. The molecule has 0 saturated carbocycles. The van der Waals surface area contributed by atoms with Crippen LogP contribution in [0.25, 0.3) is 0 Å². The fourth-order valence-electron chi connectivity index (χ4n) is 2.69. The molecule has 0 bridgehead atoms. The zero-order valence-electron chi connectivity index (χ0n) is 14.8. The van der Waals surface area contributed by atoms with E-state index in [9.17, 15) is 14.9 Å². The van der Waals surface area contributed by atoms with Crippen molar-refractivity contribution in [1.29, 1.82) is 0 Å². The highest BCUT2D eigenvalue weighted by Gasteiger charge is 2.26. The molecule has 1 amide bonds. The smallest absolute Gasteiger partial charge is 0.275 e. The fraction of sp³-hybridized carbons (Fsp3) is 0.412. The normalized spacial score (nSPS) is 11.4. The molecule has 7 heteroatoms. The first-order chi connectivity index (χ1) is 11.0. The molecule has 1 aromatic heterocycles. The molecule has 128 valence electrons. The zero-order chi connectivity index (χ0) is 18.2. The fourth-order valence-corrected chi connectivity index (χ4v) is 2.69. The first-order valence-corrected chi connectivity index (χ1v) is 7.63. The van der Waals surface area contributed by atoms with Gasteiger partial charge >= 0.3 is 0 Å². The van der Waals surface area contributed by atoms with Crippen molar-refractivity contribution in [2.45, 2.75) is 40.0 Å². The van der Waals surface area contributed by atoms with Crippen LogP contribution in [0.4, 0.5) is 11.4 Å². The number of benzene rings is 1. The number of nitrogens with zero attached hydrogens (tertiary/aromatic N) is 3. The molecule has 0 radical (unpaired) electrons. The Hall–Kier alpha value is -2.70. The van der Waals surface area contributed by atoms with Crippen LogP contribution in [0.3, 0.4) is 0 Å². The van der Waals surface area contributed by atoms with Crippen molar-refractivity contribution in [2.24, 2.45) is 7.05 Å². The highest BCUT2D eigenvalue weighted by Crippen LogP contribution is 2.33. The van der Waals surface area contributed by atoms with Gasteiger partial charge in [0.1, 0.15) is 0 Å².